The van der Waals surface area contributed by atoms with E-state index in [1.165, 1.54) is 19.3 Å². The van der Waals surface area contributed by atoms with Gasteiger partial charge in [0.15, 0.2) is 0 Å². The molecule has 1 aliphatic carbocycles. The topological polar surface area (TPSA) is 41.1 Å². The van der Waals surface area contributed by atoms with Gasteiger partial charge in [0, 0.05) is 22.3 Å². The third-order valence-corrected chi connectivity index (χ3v) is 3.59. The SMILES string of the molecule is O=C1Nc2ccc(Cl)cc2C1NC1CCC1. The number of fused-ring (bicyclic) bond motifs is 1. The third-order valence-electron chi connectivity index (χ3n) is 3.35. The Labute approximate surface area is 99.2 Å². The number of rotatable bonds is 2. The van der Waals surface area contributed by atoms with Crippen molar-refractivity contribution in [2.24, 2.45) is 0 Å². The highest BCUT2D eigenvalue weighted by atomic mass is 35.5. The van der Waals surface area contributed by atoms with Crippen LogP contribution in [0.5, 0.6) is 0 Å². The molecule has 1 heterocycles. The van der Waals surface area contributed by atoms with Gasteiger partial charge in [0.1, 0.15) is 6.04 Å². The van der Waals surface area contributed by atoms with Gasteiger partial charge in [-0.05, 0) is 31.0 Å². The first kappa shape index (κ1) is 10.1. The van der Waals surface area contributed by atoms with Crippen molar-refractivity contribution in [3.05, 3.63) is 28.8 Å². The highest BCUT2D eigenvalue weighted by Crippen LogP contribution is 2.34. The molecule has 1 saturated carbocycles. The second-order valence-corrected chi connectivity index (χ2v) is 4.88. The van der Waals surface area contributed by atoms with Gasteiger partial charge in [-0.15, -0.1) is 0 Å². The van der Waals surface area contributed by atoms with Gasteiger partial charge in [0.05, 0.1) is 0 Å². The van der Waals surface area contributed by atoms with E-state index in [1.807, 2.05) is 12.1 Å². The summed E-state index contributed by atoms with van der Waals surface area (Å²) in [5.74, 6) is 0.0316. The molecule has 1 aromatic carbocycles. The Balaban J connectivity index is 1.88. The normalized spacial score (nSPS) is 23.8. The Morgan fingerprint density at radius 2 is 2.19 bits per heavy atom. The van der Waals surface area contributed by atoms with Gasteiger partial charge < -0.3 is 5.32 Å². The van der Waals surface area contributed by atoms with Crippen LogP contribution in [-0.2, 0) is 4.79 Å². The second kappa shape index (κ2) is 3.75. The minimum Gasteiger partial charge on any atom is -0.324 e. The van der Waals surface area contributed by atoms with Crippen LogP contribution in [0.1, 0.15) is 30.9 Å². The largest absolute Gasteiger partial charge is 0.324 e. The first-order valence-corrected chi connectivity index (χ1v) is 5.98. The number of carbonyl (C=O) groups is 1. The highest BCUT2D eigenvalue weighted by molar-refractivity contribution is 6.31. The Morgan fingerprint density at radius 1 is 1.38 bits per heavy atom. The van der Waals surface area contributed by atoms with Crippen molar-refractivity contribution in [3.63, 3.8) is 0 Å². The zero-order chi connectivity index (χ0) is 11.1. The average molecular weight is 237 g/mol. The van der Waals surface area contributed by atoms with Gasteiger partial charge in [0.2, 0.25) is 5.91 Å². The molecule has 1 amide bonds. The van der Waals surface area contributed by atoms with Crippen LogP contribution in [0.3, 0.4) is 0 Å². The van der Waals surface area contributed by atoms with Gasteiger partial charge in [-0.25, -0.2) is 0 Å². The monoisotopic (exact) mass is 236 g/mol. The van der Waals surface area contributed by atoms with Gasteiger partial charge >= 0.3 is 0 Å². The van der Waals surface area contributed by atoms with Crippen molar-refractivity contribution in [2.75, 3.05) is 5.32 Å². The number of anilines is 1. The Bertz CT molecular complexity index is 443. The first-order chi connectivity index (χ1) is 7.74. The van der Waals surface area contributed by atoms with Crippen LogP contribution >= 0.6 is 11.6 Å². The van der Waals surface area contributed by atoms with Gasteiger partial charge in [-0.2, -0.15) is 0 Å². The lowest BCUT2D eigenvalue weighted by atomic mass is 9.91. The number of halogens is 1. The van der Waals surface area contributed by atoms with Crippen molar-refractivity contribution in [1.82, 2.24) is 5.32 Å². The molecule has 1 unspecified atom stereocenters. The molecule has 3 rings (SSSR count). The van der Waals surface area contributed by atoms with Crippen LogP contribution in [0.4, 0.5) is 5.69 Å². The molecule has 4 heteroatoms. The maximum atomic E-state index is 11.8. The summed E-state index contributed by atoms with van der Waals surface area (Å²) in [6, 6.07) is 5.79. The van der Waals surface area contributed by atoms with Gasteiger partial charge in [0.25, 0.3) is 0 Å². The Kier molecular flexibility index (Phi) is 2.37. The molecule has 0 bridgehead atoms. The van der Waals surface area contributed by atoms with E-state index in [-0.39, 0.29) is 11.9 Å². The number of carbonyl (C=O) groups excluding carboxylic acids is 1. The van der Waals surface area contributed by atoms with E-state index in [4.69, 9.17) is 11.6 Å². The number of nitrogens with one attached hydrogen (secondary N) is 2. The molecule has 0 saturated heterocycles. The first-order valence-electron chi connectivity index (χ1n) is 5.60. The summed E-state index contributed by atoms with van der Waals surface area (Å²) in [7, 11) is 0. The van der Waals surface area contributed by atoms with Crippen LogP contribution < -0.4 is 10.6 Å². The molecule has 3 nitrogen and oxygen atoms in total. The van der Waals surface area contributed by atoms with Crippen LogP contribution in [0.2, 0.25) is 5.02 Å². The lowest BCUT2D eigenvalue weighted by Gasteiger charge is -2.29. The Morgan fingerprint density at radius 3 is 2.88 bits per heavy atom. The van der Waals surface area contributed by atoms with Gasteiger partial charge in [-0.1, -0.05) is 18.0 Å². The molecule has 1 fully saturated rings. The maximum Gasteiger partial charge on any atom is 0.246 e. The van der Waals surface area contributed by atoms with Crippen LogP contribution in [0, 0.1) is 0 Å². The molecule has 16 heavy (non-hydrogen) atoms. The van der Waals surface area contributed by atoms with Crippen molar-refractivity contribution in [1.29, 1.82) is 0 Å². The van der Waals surface area contributed by atoms with E-state index in [9.17, 15) is 4.79 Å². The fraction of sp³-hybridized carbons (Fsp3) is 0.417. The minimum absolute atomic E-state index is 0.0316. The van der Waals surface area contributed by atoms with E-state index in [0.29, 0.717) is 11.1 Å². The molecule has 1 atom stereocenters. The summed E-state index contributed by atoms with van der Waals surface area (Å²) in [6.45, 7) is 0. The molecule has 0 spiro atoms. The summed E-state index contributed by atoms with van der Waals surface area (Å²) < 4.78 is 0. The molecule has 2 N–H and O–H groups in total. The van der Waals surface area contributed by atoms with Crippen molar-refractivity contribution in [2.45, 2.75) is 31.3 Å². The fourth-order valence-electron chi connectivity index (χ4n) is 2.21. The summed E-state index contributed by atoms with van der Waals surface area (Å²) in [5, 5.41) is 6.92. The molecule has 1 aromatic rings. The quantitative estimate of drug-likeness (QED) is 0.828. The van der Waals surface area contributed by atoms with E-state index in [1.54, 1.807) is 6.07 Å². The molecular formula is C12H13ClN2O. The standard InChI is InChI=1S/C12H13ClN2O/c13-7-4-5-10-9(6-7)11(12(16)15-10)14-8-2-1-3-8/h4-6,8,11,14H,1-3H2,(H,15,16). The van der Waals surface area contributed by atoms with Crippen molar-refractivity contribution >= 4 is 23.2 Å². The molecule has 84 valence electrons. The third kappa shape index (κ3) is 1.60. The lowest BCUT2D eigenvalue weighted by molar-refractivity contribution is -0.118. The van der Waals surface area contributed by atoms with Crippen LogP contribution in [0.25, 0.3) is 0 Å². The number of hydrogen-bond acceptors (Lipinski definition) is 2. The Hall–Kier alpha value is -1.06. The second-order valence-electron chi connectivity index (χ2n) is 4.45. The smallest absolute Gasteiger partial charge is 0.246 e. The van der Waals surface area contributed by atoms with E-state index < -0.39 is 0 Å². The molecule has 0 aromatic heterocycles. The van der Waals surface area contributed by atoms with Crippen molar-refractivity contribution in [3.8, 4) is 0 Å². The fourth-order valence-corrected chi connectivity index (χ4v) is 2.39. The van der Waals surface area contributed by atoms with E-state index >= 15 is 0 Å². The van der Waals surface area contributed by atoms with Crippen LogP contribution in [-0.4, -0.2) is 11.9 Å². The summed E-state index contributed by atoms with van der Waals surface area (Å²) in [4.78, 5) is 11.8. The number of amides is 1. The molecule has 0 radical (unpaired) electrons. The summed E-state index contributed by atoms with van der Waals surface area (Å²) >= 11 is 5.95. The predicted octanol–water partition coefficient (Wildman–Crippen LogP) is 2.48. The molecular weight excluding hydrogens is 224 g/mol. The maximum absolute atomic E-state index is 11.8. The number of hydrogen-bond donors (Lipinski definition) is 2. The van der Waals surface area contributed by atoms with Crippen molar-refractivity contribution < 1.29 is 4.79 Å². The molecule has 1 aliphatic heterocycles. The van der Waals surface area contributed by atoms with E-state index in [0.717, 1.165) is 11.3 Å². The highest BCUT2D eigenvalue weighted by Gasteiger charge is 2.33. The lowest BCUT2D eigenvalue weighted by Crippen LogP contribution is -2.40. The average Bonchev–Trinajstić information content (AvgIpc) is 2.48. The zero-order valence-electron chi connectivity index (χ0n) is 8.79. The molecule has 2 aliphatic rings. The summed E-state index contributed by atoms with van der Waals surface area (Å²) in [6.07, 6.45) is 3.59. The predicted molar refractivity (Wildman–Crippen MR) is 63.6 cm³/mol. The zero-order valence-corrected chi connectivity index (χ0v) is 9.55. The van der Waals surface area contributed by atoms with Crippen LogP contribution in [0.15, 0.2) is 18.2 Å². The summed E-state index contributed by atoms with van der Waals surface area (Å²) in [5.41, 5.74) is 1.86. The number of benzene rings is 1. The van der Waals surface area contributed by atoms with Gasteiger partial charge in [-0.3, -0.25) is 10.1 Å². The minimum atomic E-state index is -0.223. The van der Waals surface area contributed by atoms with E-state index in [2.05, 4.69) is 10.6 Å².